The number of rotatable bonds is 4. The first-order chi connectivity index (χ1) is 8.53. The van der Waals surface area contributed by atoms with Crippen LogP contribution in [0.4, 0.5) is 10.1 Å². The molecule has 2 aromatic heterocycles. The minimum Gasteiger partial charge on any atom is -0.326 e. The number of halogens is 1. The van der Waals surface area contributed by atoms with E-state index in [1.54, 1.807) is 5.38 Å². The lowest BCUT2D eigenvalue weighted by atomic mass is 10.4. The lowest BCUT2D eigenvalue weighted by Gasteiger charge is -2.06. The Hall–Kier alpha value is -1.51. The third-order valence-electron chi connectivity index (χ3n) is 2.15. The van der Waals surface area contributed by atoms with E-state index in [-0.39, 0.29) is 16.4 Å². The van der Waals surface area contributed by atoms with Gasteiger partial charge in [-0.1, -0.05) is 0 Å². The van der Waals surface area contributed by atoms with E-state index in [1.807, 2.05) is 0 Å². The molecule has 96 valence electrons. The van der Waals surface area contributed by atoms with Gasteiger partial charge < -0.3 is 5.73 Å². The molecule has 0 aliphatic rings. The van der Waals surface area contributed by atoms with Crippen molar-refractivity contribution in [2.75, 3.05) is 4.72 Å². The van der Waals surface area contributed by atoms with Gasteiger partial charge in [0.1, 0.15) is 4.21 Å². The number of pyridine rings is 1. The fraction of sp³-hybridized carbons (Fsp3) is 0.100. The second kappa shape index (κ2) is 5.01. The molecule has 0 spiro atoms. The Morgan fingerprint density at radius 2 is 2.28 bits per heavy atom. The van der Waals surface area contributed by atoms with Crippen molar-refractivity contribution in [3.8, 4) is 0 Å². The van der Waals surface area contributed by atoms with Gasteiger partial charge in [0, 0.05) is 12.7 Å². The molecule has 0 amide bonds. The highest BCUT2D eigenvalue weighted by atomic mass is 32.2. The third kappa shape index (κ3) is 2.66. The van der Waals surface area contributed by atoms with Crippen LogP contribution in [0.25, 0.3) is 0 Å². The molecule has 2 aromatic rings. The van der Waals surface area contributed by atoms with Crippen LogP contribution in [-0.4, -0.2) is 13.4 Å². The minimum atomic E-state index is -3.78. The maximum Gasteiger partial charge on any atom is 0.271 e. The third-order valence-corrected chi connectivity index (χ3v) is 5.00. The Kier molecular flexibility index (Phi) is 3.60. The summed E-state index contributed by atoms with van der Waals surface area (Å²) in [6, 6.07) is 2.72. The molecule has 18 heavy (non-hydrogen) atoms. The molecule has 8 heteroatoms. The molecule has 0 fully saturated rings. The van der Waals surface area contributed by atoms with Crippen LogP contribution in [0.3, 0.4) is 0 Å². The van der Waals surface area contributed by atoms with E-state index in [1.165, 1.54) is 18.3 Å². The predicted molar refractivity (Wildman–Crippen MR) is 67.2 cm³/mol. The maximum absolute atomic E-state index is 13.3. The Labute approximate surface area is 108 Å². The first-order valence-electron chi connectivity index (χ1n) is 4.93. The predicted octanol–water partition coefficient (Wildman–Crippen LogP) is 1.54. The van der Waals surface area contributed by atoms with E-state index in [9.17, 15) is 12.8 Å². The number of sulfonamides is 1. The summed E-state index contributed by atoms with van der Waals surface area (Å²) < 4.78 is 39.5. The monoisotopic (exact) mass is 287 g/mol. The minimum absolute atomic E-state index is 0.0964. The van der Waals surface area contributed by atoms with Gasteiger partial charge in [0.15, 0.2) is 5.82 Å². The molecule has 5 nitrogen and oxygen atoms in total. The van der Waals surface area contributed by atoms with Crippen molar-refractivity contribution in [2.45, 2.75) is 10.8 Å². The summed E-state index contributed by atoms with van der Waals surface area (Å²) in [5, 5.41) is 1.65. The first-order valence-corrected chi connectivity index (χ1v) is 7.29. The molecular formula is C10H10FN3O2S2. The van der Waals surface area contributed by atoms with Crippen LogP contribution < -0.4 is 10.5 Å². The van der Waals surface area contributed by atoms with Gasteiger partial charge in [-0.05, 0) is 23.1 Å². The molecule has 0 bridgehead atoms. The standard InChI is InChI=1S/C10H10FN3O2S2/c11-8-5-13-2-1-9(8)14-18(15,16)10-3-7(4-12)6-17-10/h1-3,5-6H,4,12H2,(H,13,14). The van der Waals surface area contributed by atoms with E-state index in [0.29, 0.717) is 0 Å². The van der Waals surface area contributed by atoms with E-state index in [0.717, 1.165) is 23.1 Å². The lowest BCUT2D eigenvalue weighted by molar-refractivity contribution is 0.599. The Bertz CT molecular complexity index is 655. The van der Waals surface area contributed by atoms with Gasteiger partial charge in [0.25, 0.3) is 10.0 Å². The largest absolute Gasteiger partial charge is 0.326 e. The molecule has 2 rings (SSSR count). The fourth-order valence-electron chi connectivity index (χ4n) is 1.25. The Morgan fingerprint density at radius 3 is 2.89 bits per heavy atom. The van der Waals surface area contributed by atoms with Gasteiger partial charge in [-0.15, -0.1) is 11.3 Å². The Balaban J connectivity index is 2.30. The van der Waals surface area contributed by atoms with Crippen molar-refractivity contribution in [1.29, 1.82) is 0 Å². The van der Waals surface area contributed by atoms with E-state index in [2.05, 4.69) is 9.71 Å². The number of nitrogens with two attached hydrogens (primary N) is 1. The number of hydrogen-bond donors (Lipinski definition) is 2. The van der Waals surface area contributed by atoms with Crippen LogP contribution in [0.5, 0.6) is 0 Å². The molecule has 2 heterocycles. The van der Waals surface area contributed by atoms with Crippen LogP contribution in [0.2, 0.25) is 0 Å². The average molecular weight is 287 g/mol. The summed E-state index contributed by atoms with van der Waals surface area (Å²) in [5.74, 6) is -0.725. The second-order valence-corrected chi connectivity index (χ2v) is 6.26. The van der Waals surface area contributed by atoms with Crippen molar-refractivity contribution in [3.05, 3.63) is 41.3 Å². The normalized spacial score (nSPS) is 11.4. The molecule has 3 N–H and O–H groups in total. The van der Waals surface area contributed by atoms with Crippen LogP contribution in [0.15, 0.2) is 34.1 Å². The Morgan fingerprint density at radius 1 is 1.50 bits per heavy atom. The van der Waals surface area contributed by atoms with Gasteiger partial charge in [0.2, 0.25) is 0 Å². The number of aromatic nitrogens is 1. The summed E-state index contributed by atoms with van der Waals surface area (Å²) in [6.07, 6.45) is 2.25. The number of hydrogen-bond acceptors (Lipinski definition) is 5. The quantitative estimate of drug-likeness (QED) is 0.893. The average Bonchev–Trinajstić information content (AvgIpc) is 2.81. The van der Waals surface area contributed by atoms with E-state index >= 15 is 0 Å². The summed E-state index contributed by atoms with van der Waals surface area (Å²) >= 11 is 1.04. The van der Waals surface area contributed by atoms with Gasteiger partial charge in [-0.3, -0.25) is 9.71 Å². The summed E-state index contributed by atoms with van der Waals surface area (Å²) in [5.41, 5.74) is 5.99. The maximum atomic E-state index is 13.3. The molecular weight excluding hydrogens is 277 g/mol. The SMILES string of the molecule is NCc1csc(S(=O)(=O)Nc2ccncc2F)c1. The zero-order valence-electron chi connectivity index (χ0n) is 9.13. The molecule has 0 atom stereocenters. The molecule has 0 aliphatic heterocycles. The van der Waals surface area contributed by atoms with Crippen LogP contribution in [-0.2, 0) is 16.6 Å². The molecule has 0 saturated heterocycles. The van der Waals surface area contributed by atoms with Gasteiger partial charge in [-0.2, -0.15) is 0 Å². The van der Waals surface area contributed by atoms with Crippen molar-refractivity contribution in [3.63, 3.8) is 0 Å². The zero-order valence-corrected chi connectivity index (χ0v) is 10.8. The molecule has 0 unspecified atom stereocenters. The highest BCUT2D eigenvalue weighted by Crippen LogP contribution is 2.23. The molecule has 0 aliphatic carbocycles. The number of anilines is 1. The van der Waals surface area contributed by atoms with Gasteiger partial charge in [0.05, 0.1) is 11.9 Å². The highest BCUT2D eigenvalue weighted by molar-refractivity contribution is 7.94. The summed E-state index contributed by atoms with van der Waals surface area (Å²) in [6.45, 7) is 0.260. The van der Waals surface area contributed by atoms with Crippen LogP contribution >= 0.6 is 11.3 Å². The van der Waals surface area contributed by atoms with E-state index in [4.69, 9.17) is 5.73 Å². The number of nitrogens with zero attached hydrogens (tertiary/aromatic N) is 1. The summed E-state index contributed by atoms with van der Waals surface area (Å²) in [4.78, 5) is 3.54. The van der Waals surface area contributed by atoms with Gasteiger partial charge in [-0.25, -0.2) is 12.8 Å². The van der Waals surface area contributed by atoms with Crippen molar-refractivity contribution >= 4 is 27.0 Å². The summed E-state index contributed by atoms with van der Waals surface area (Å²) in [7, 11) is -3.78. The topological polar surface area (TPSA) is 85.1 Å². The van der Waals surface area contributed by atoms with Crippen molar-refractivity contribution in [1.82, 2.24) is 4.98 Å². The highest BCUT2D eigenvalue weighted by Gasteiger charge is 2.18. The molecule has 0 saturated carbocycles. The van der Waals surface area contributed by atoms with Crippen LogP contribution in [0, 0.1) is 5.82 Å². The lowest BCUT2D eigenvalue weighted by Crippen LogP contribution is -2.12. The van der Waals surface area contributed by atoms with Crippen LogP contribution in [0.1, 0.15) is 5.56 Å². The number of nitrogens with one attached hydrogen (secondary N) is 1. The van der Waals surface area contributed by atoms with E-state index < -0.39 is 15.8 Å². The first kappa shape index (κ1) is 12.9. The smallest absolute Gasteiger partial charge is 0.271 e. The second-order valence-electron chi connectivity index (χ2n) is 3.44. The van der Waals surface area contributed by atoms with Crippen molar-refractivity contribution in [2.24, 2.45) is 5.73 Å². The fourth-order valence-corrected chi connectivity index (χ4v) is 3.54. The molecule has 0 aromatic carbocycles. The zero-order chi connectivity index (χ0) is 13.2. The van der Waals surface area contributed by atoms with Gasteiger partial charge >= 0.3 is 0 Å². The number of thiophene rings is 1. The molecule has 0 radical (unpaired) electrons. The van der Waals surface area contributed by atoms with Crippen molar-refractivity contribution < 1.29 is 12.8 Å².